The molecule has 0 aromatic heterocycles. The van der Waals surface area contributed by atoms with E-state index in [0.29, 0.717) is 10.7 Å². The van der Waals surface area contributed by atoms with E-state index < -0.39 is 11.8 Å². The fraction of sp³-hybridized carbons (Fsp3) is 0.111. The zero-order valence-corrected chi connectivity index (χ0v) is 8.91. The van der Waals surface area contributed by atoms with Crippen LogP contribution in [0, 0.1) is 0 Å². The van der Waals surface area contributed by atoms with E-state index in [4.69, 9.17) is 0 Å². The molecule has 4 nitrogen and oxygen atoms in total. The summed E-state index contributed by atoms with van der Waals surface area (Å²) in [6.45, 7) is 0. The second-order valence-electron chi connectivity index (χ2n) is 2.91. The number of carbonyl (C=O) groups is 2. The van der Waals surface area contributed by atoms with E-state index >= 15 is 0 Å². The van der Waals surface area contributed by atoms with Crippen LogP contribution in [0.15, 0.2) is 27.7 Å². The van der Waals surface area contributed by atoms with Crippen LogP contribution >= 0.6 is 15.9 Å². The van der Waals surface area contributed by atoms with Crippen molar-refractivity contribution in [3.05, 3.63) is 33.4 Å². The smallest absolute Gasteiger partial charge is 0.255 e. The minimum atomic E-state index is -0.724. The third-order valence-corrected chi connectivity index (χ3v) is 2.50. The zero-order valence-electron chi connectivity index (χ0n) is 7.32. The van der Waals surface area contributed by atoms with E-state index in [2.05, 4.69) is 20.9 Å². The molecule has 0 spiro atoms. The molecular weight excluding hydrogens is 248 g/mol. The lowest BCUT2D eigenvalue weighted by atomic mass is 10.3. The third-order valence-electron chi connectivity index (χ3n) is 2.01. The number of halogens is 1. The van der Waals surface area contributed by atoms with Crippen LogP contribution in [0.2, 0.25) is 0 Å². The van der Waals surface area contributed by atoms with Crippen LogP contribution in [0.1, 0.15) is 0 Å². The quantitative estimate of drug-likeness (QED) is 0.452. The summed E-state index contributed by atoms with van der Waals surface area (Å²) in [4.78, 5) is 26.0. The normalized spacial score (nSPS) is 15.1. The SMILES string of the molecule is C[N+]1=c2ccc(Br)cc2=NC(=O)C1=O. The van der Waals surface area contributed by atoms with E-state index in [1.807, 2.05) is 0 Å². The van der Waals surface area contributed by atoms with Gasteiger partial charge in [0.25, 0.3) is 0 Å². The minimum absolute atomic E-state index is 0.520. The van der Waals surface area contributed by atoms with Crippen LogP contribution in [0.4, 0.5) is 0 Å². The van der Waals surface area contributed by atoms with Crippen molar-refractivity contribution in [2.45, 2.75) is 0 Å². The lowest BCUT2D eigenvalue weighted by Gasteiger charge is -1.97. The largest absolute Gasteiger partial charge is 0.479 e. The van der Waals surface area contributed by atoms with Crippen molar-refractivity contribution in [2.24, 2.45) is 4.99 Å². The maximum atomic E-state index is 11.2. The van der Waals surface area contributed by atoms with Crippen LogP contribution in [0.5, 0.6) is 0 Å². The molecule has 5 heteroatoms. The van der Waals surface area contributed by atoms with E-state index in [0.717, 1.165) is 4.47 Å². The van der Waals surface area contributed by atoms with Crippen molar-refractivity contribution in [3.63, 3.8) is 0 Å². The fourth-order valence-electron chi connectivity index (χ4n) is 1.28. The topological polar surface area (TPSA) is 49.5 Å². The molecule has 14 heavy (non-hydrogen) atoms. The van der Waals surface area contributed by atoms with Crippen LogP contribution in [0.25, 0.3) is 0 Å². The summed E-state index contributed by atoms with van der Waals surface area (Å²) in [5.74, 6) is -1.32. The molecule has 0 saturated carbocycles. The van der Waals surface area contributed by atoms with Gasteiger partial charge < -0.3 is 0 Å². The highest BCUT2D eigenvalue weighted by Crippen LogP contribution is 2.02. The lowest BCUT2D eigenvalue weighted by Crippen LogP contribution is -2.48. The zero-order chi connectivity index (χ0) is 10.3. The maximum absolute atomic E-state index is 11.2. The molecule has 0 bridgehead atoms. The van der Waals surface area contributed by atoms with Gasteiger partial charge in [-0.15, -0.1) is 0 Å². The van der Waals surface area contributed by atoms with Gasteiger partial charge in [-0.1, -0.05) is 15.9 Å². The van der Waals surface area contributed by atoms with Crippen molar-refractivity contribution in [3.8, 4) is 0 Å². The summed E-state index contributed by atoms with van der Waals surface area (Å²) in [6, 6.07) is 5.25. The van der Waals surface area contributed by atoms with Gasteiger partial charge in [0, 0.05) is 10.5 Å². The van der Waals surface area contributed by atoms with E-state index in [9.17, 15) is 9.59 Å². The van der Waals surface area contributed by atoms with Crippen LogP contribution in [0.3, 0.4) is 0 Å². The Bertz CT molecular complexity index is 563. The summed E-state index contributed by atoms with van der Waals surface area (Å²) < 4.78 is 2.13. The number of amides is 2. The average molecular weight is 254 g/mol. The van der Waals surface area contributed by atoms with Crippen LogP contribution in [-0.4, -0.2) is 18.9 Å². The number of hydrogen-bond donors (Lipinski definition) is 0. The maximum Gasteiger partial charge on any atom is 0.479 e. The highest BCUT2D eigenvalue weighted by Gasteiger charge is 2.27. The summed E-state index contributed by atoms with van der Waals surface area (Å²) in [5.41, 5.74) is 0. The van der Waals surface area contributed by atoms with E-state index in [1.54, 1.807) is 25.2 Å². The number of likely N-dealkylation sites (N-methyl/N-ethyl adjacent to an activating group) is 1. The third kappa shape index (κ3) is 1.29. The number of hydrogen-bond acceptors (Lipinski definition) is 2. The Kier molecular flexibility index (Phi) is 2.03. The molecular formula is C9H6BrN2O2+. The molecule has 0 atom stereocenters. The van der Waals surface area contributed by atoms with Gasteiger partial charge in [-0.2, -0.15) is 9.57 Å². The van der Waals surface area contributed by atoms with Gasteiger partial charge in [-0.05, 0) is 12.1 Å². The van der Waals surface area contributed by atoms with Crippen LogP contribution in [-0.2, 0) is 9.59 Å². The minimum Gasteiger partial charge on any atom is -0.255 e. The van der Waals surface area contributed by atoms with Crippen molar-refractivity contribution in [1.82, 2.24) is 4.58 Å². The Balaban J connectivity index is 2.94. The van der Waals surface area contributed by atoms with Gasteiger partial charge in [-0.25, -0.2) is 4.79 Å². The first-order valence-corrected chi connectivity index (χ1v) is 4.72. The Morgan fingerprint density at radius 2 is 2.07 bits per heavy atom. The molecule has 0 fully saturated rings. The standard InChI is InChI=1S/C9H6BrN2O2/c1-12-7-3-2-5(10)4-6(7)11-8(13)9(12)14/h2-4H,1H3/q+1. The van der Waals surface area contributed by atoms with Gasteiger partial charge in [0.15, 0.2) is 0 Å². The molecule has 0 radical (unpaired) electrons. The molecule has 1 aliphatic heterocycles. The molecule has 0 saturated heterocycles. The fourth-order valence-corrected chi connectivity index (χ4v) is 1.63. The van der Waals surface area contributed by atoms with Gasteiger partial charge in [-0.3, -0.25) is 4.79 Å². The van der Waals surface area contributed by atoms with E-state index in [1.165, 1.54) is 4.58 Å². The predicted molar refractivity (Wildman–Crippen MR) is 52.1 cm³/mol. The number of benzene rings is 1. The van der Waals surface area contributed by atoms with Crippen molar-refractivity contribution in [2.75, 3.05) is 7.05 Å². The second-order valence-corrected chi connectivity index (χ2v) is 3.83. The molecule has 1 aromatic rings. The number of carbonyl (C=O) groups excluding carboxylic acids is 2. The molecule has 0 unspecified atom stereocenters. The summed E-state index contributed by atoms with van der Waals surface area (Å²) in [6.07, 6.45) is 0. The number of fused-ring (bicyclic) bond motifs is 1. The predicted octanol–water partition coefficient (Wildman–Crippen LogP) is -0.744. The Labute approximate surface area is 87.7 Å². The van der Waals surface area contributed by atoms with Crippen LogP contribution < -0.4 is 15.3 Å². The first-order valence-electron chi connectivity index (χ1n) is 3.93. The molecule has 70 valence electrons. The summed E-state index contributed by atoms with van der Waals surface area (Å²) in [5, 5.41) is 1.17. The number of nitrogens with zero attached hydrogens (tertiary/aromatic N) is 2. The first-order chi connectivity index (χ1) is 6.59. The second kappa shape index (κ2) is 3.09. The van der Waals surface area contributed by atoms with Crippen molar-refractivity contribution < 1.29 is 9.59 Å². The summed E-state index contributed by atoms with van der Waals surface area (Å²) >= 11 is 3.27. The lowest BCUT2D eigenvalue weighted by molar-refractivity contribution is -0.138. The molecule has 1 aromatic carbocycles. The monoisotopic (exact) mass is 253 g/mol. The molecule has 1 heterocycles. The first kappa shape index (κ1) is 9.21. The Morgan fingerprint density at radius 3 is 2.79 bits per heavy atom. The van der Waals surface area contributed by atoms with Gasteiger partial charge in [0.05, 0.1) is 0 Å². The molecule has 0 N–H and O–H groups in total. The molecule has 1 aliphatic rings. The van der Waals surface area contributed by atoms with Gasteiger partial charge >= 0.3 is 11.8 Å². The highest BCUT2D eigenvalue weighted by atomic mass is 79.9. The van der Waals surface area contributed by atoms with Crippen molar-refractivity contribution in [1.29, 1.82) is 0 Å². The van der Waals surface area contributed by atoms with E-state index in [-0.39, 0.29) is 0 Å². The van der Waals surface area contributed by atoms with Gasteiger partial charge in [0.2, 0.25) is 5.36 Å². The van der Waals surface area contributed by atoms with Gasteiger partial charge in [0.1, 0.15) is 12.4 Å². The molecule has 0 aliphatic carbocycles. The average Bonchev–Trinajstić information content (AvgIpc) is 2.14. The summed E-state index contributed by atoms with van der Waals surface area (Å²) in [7, 11) is 1.56. The Hall–Kier alpha value is -1.36. The number of rotatable bonds is 0. The molecule has 2 rings (SSSR count). The molecule has 2 amide bonds. The Morgan fingerprint density at radius 1 is 1.36 bits per heavy atom. The van der Waals surface area contributed by atoms with Crippen molar-refractivity contribution >= 4 is 27.7 Å². The highest BCUT2D eigenvalue weighted by molar-refractivity contribution is 9.10.